The van der Waals surface area contributed by atoms with Crippen molar-refractivity contribution in [2.24, 2.45) is 5.92 Å². The number of carbonyl (C=O) groups is 3. The maximum Gasteiger partial charge on any atom is 0.228 e. The van der Waals surface area contributed by atoms with Gasteiger partial charge >= 0.3 is 0 Å². The summed E-state index contributed by atoms with van der Waals surface area (Å²) >= 11 is 6.52. The van der Waals surface area contributed by atoms with E-state index in [1.54, 1.807) is 31.2 Å². The Morgan fingerprint density at radius 2 is 1.73 bits per heavy atom. The Hall–Kier alpha value is -4.30. The number of methoxy groups -OCH3 is 2. The number of nitrogens with one attached hydrogen (secondary N) is 1. The lowest BCUT2D eigenvalue weighted by molar-refractivity contribution is -0.120. The fourth-order valence-corrected chi connectivity index (χ4v) is 5.36. The van der Waals surface area contributed by atoms with Crippen LogP contribution in [0.5, 0.6) is 23.0 Å². The quantitative estimate of drug-likeness (QED) is 0.408. The number of benzene rings is 3. The number of fused-ring (bicyclic) bond motifs is 1. The lowest BCUT2D eigenvalue weighted by atomic mass is 9.74. The molecule has 5 rings (SSSR count). The number of hydrogen-bond acceptors (Lipinski definition) is 7. The molecule has 8 nitrogen and oxygen atoms in total. The number of amides is 1. The molecule has 0 unspecified atom stereocenters. The molecule has 0 saturated heterocycles. The minimum atomic E-state index is -1.65. The Kier molecular flexibility index (Phi) is 7.54. The SMILES string of the molecule is COc1cc(OC)c2c(c1Cl)O[C@]1(C2=O)C(NC(=O)Cc2ccc(OCc3ccccc3)cc2)=CC(=O)C[C@H]1C. The molecule has 0 saturated carbocycles. The molecule has 1 N–H and O–H groups in total. The van der Waals surface area contributed by atoms with Gasteiger partial charge in [-0.05, 0) is 23.3 Å². The first kappa shape index (κ1) is 27.3. The smallest absolute Gasteiger partial charge is 0.228 e. The Morgan fingerprint density at radius 3 is 2.40 bits per heavy atom. The Balaban J connectivity index is 1.35. The zero-order valence-electron chi connectivity index (χ0n) is 22.3. The maximum atomic E-state index is 14.0. The topological polar surface area (TPSA) is 100 Å². The second-order valence-electron chi connectivity index (χ2n) is 9.74. The van der Waals surface area contributed by atoms with Gasteiger partial charge in [0, 0.05) is 24.5 Å². The number of Topliss-reactive ketones (excluding diaryl/α,β-unsaturated/α-hetero) is 1. The highest BCUT2D eigenvalue weighted by Crippen LogP contribution is 2.54. The predicted octanol–water partition coefficient (Wildman–Crippen LogP) is 5.10. The van der Waals surface area contributed by atoms with Crippen molar-refractivity contribution in [3.05, 3.63) is 94.1 Å². The molecule has 1 heterocycles. The van der Waals surface area contributed by atoms with Gasteiger partial charge in [-0.2, -0.15) is 0 Å². The molecule has 206 valence electrons. The summed E-state index contributed by atoms with van der Waals surface area (Å²) in [5, 5.41) is 2.89. The van der Waals surface area contributed by atoms with Crippen molar-refractivity contribution in [3.63, 3.8) is 0 Å². The summed E-state index contributed by atoms with van der Waals surface area (Å²) in [5.74, 6) is -0.413. The first-order valence-corrected chi connectivity index (χ1v) is 13.1. The molecule has 1 aliphatic heterocycles. The molecule has 40 heavy (non-hydrogen) atoms. The van der Waals surface area contributed by atoms with E-state index in [1.807, 2.05) is 30.3 Å². The van der Waals surface area contributed by atoms with Crippen molar-refractivity contribution >= 4 is 29.1 Å². The third-order valence-corrected chi connectivity index (χ3v) is 7.49. The van der Waals surface area contributed by atoms with Gasteiger partial charge in [-0.1, -0.05) is 61.0 Å². The van der Waals surface area contributed by atoms with Gasteiger partial charge in [0.25, 0.3) is 0 Å². The zero-order valence-corrected chi connectivity index (χ0v) is 23.0. The van der Waals surface area contributed by atoms with Crippen LogP contribution in [0.25, 0.3) is 0 Å². The molecule has 1 amide bonds. The molecule has 3 aromatic carbocycles. The fourth-order valence-electron chi connectivity index (χ4n) is 5.09. The van der Waals surface area contributed by atoms with Crippen LogP contribution in [0.2, 0.25) is 5.02 Å². The number of ketones is 2. The average Bonchev–Trinajstić information content (AvgIpc) is 3.26. The highest BCUT2D eigenvalue weighted by molar-refractivity contribution is 6.35. The van der Waals surface area contributed by atoms with Gasteiger partial charge in [-0.15, -0.1) is 0 Å². The summed E-state index contributed by atoms with van der Waals surface area (Å²) < 4.78 is 22.9. The van der Waals surface area contributed by atoms with Gasteiger partial charge in [0.05, 0.1) is 26.3 Å². The molecule has 0 radical (unpaired) electrons. The van der Waals surface area contributed by atoms with E-state index in [4.69, 9.17) is 30.5 Å². The maximum absolute atomic E-state index is 14.0. The summed E-state index contributed by atoms with van der Waals surface area (Å²) in [6.45, 7) is 2.16. The van der Waals surface area contributed by atoms with E-state index in [9.17, 15) is 14.4 Å². The lowest BCUT2D eigenvalue weighted by Gasteiger charge is -2.37. The summed E-state index contributed by atoms with van der Waals surface area (Å²) in [4.78, 5) is 39.7. The van der Waals surface area contributed by atoms with Crippen LogP contribution in [0.1, 0.15) is 34.8 Å². The van der Waals surface area contributed by atoms with Gasteiger partial charge in [0.15, 0.2) is 11.5 Å². The molecular formula is C31H28ClNO7. The zero-order chi connectivity index (χ0) is 28.4. The van der Waals surface area contributed by atoms with Crippen molar-refractivity contribution in [2.75, 3.05) is 14.2 Å². The Morgan fingerprint density at radius 1 is 1.02 bits per heavy atom. The van der Waals surface area contributed by atoms with Gasteiger partial charge in [-0.3, -0.25) is 14.4 Å². The number of ether oxygens (including phenoxy) is 4. The van der Waals surface area contributed by atoms with Crippen molar-refractivity contribution in [1.82, 2.24) is 5.32 Å². The highest BCUT2D eigenvalue weighted by Gasteiger charge is 2.59. The number of rotatable bonds is 8. The molecular weight excluding hydrogens is 534 g/mol. The van der Waals surface area contributed by atoms with Gasteiger partial charge in [-0.25, -0.2) is 0 Å². The standard InChI is InChI=1S/C31H28ClNO7/c1-18-13-21(34)15-25(31(18)30(36)27-23(37-2)16-24(38-3)28(32)29(27)40-31)33-26(35)14-19-9-11-22(12-10-19)39-17-20-7-5-4-6-8-20/h4-12,15-16,18H,13-14,17H2,1-3H3,(H,33,35)/t18-,31+/m1/s1. The highest BCUT2D eigenvalue weighted by atomic mass is 35.5. The molecule has 1 spiro atoms. The number of allylic oxidation sites excluding steroid dienone is 1. The van der Waals surface area contributed by atoms with Crippen LogP contribution in [0.3, 0.4) is 0 Å². The van der Waals surface area contributed by atoms with Crippen LogP contribution in [-0.2, 0) is 22.6 Å². The molecule has 0 bridgehead atoms. The van der Waals surface area contributed by atoms with Gasteiger partial charge in [0.1, 0.15) is 34.4 Å². The predicted molar refractivity (Wildman–Crippen MR) is 148 cm³/mol. The van der Waals surface area contributed by atoms with Crippen LogP contribution in [0, 0.1) is 5.92 Å². The Labute approximate surface area is 236 Å². The summed E-state index contributed by atoms with van der Waals surface area (Å²) in [5.41, 5.74) is 0.339. The second kappa shape index (κ2) is 11.1. The first-order chi connectivity index (χ1) is 19.3. The normalized spacial score (nSPS) is 19.5. The molecule has 0 aromatic heterocycles. The first-order valence-electron chi connectivity index (χ1n) is 12.8. The molecule has 1 aliphatic carbocycles. The van der Waals surface area contributed by atoms with E-state index in [1.165, 1.54) is 26.4 Å². The van der Waals surface area contributed by atoms with Crippen molar-refractivity contribution in [2.45, 2.75) is 32.0 Å². The summed E-state index contributed by atoms with van der Waals surface area (Å²) in [7, 11) is 2.86. The largest absolute Gasteiger partial charge is 0.496 e. The van der Waals surface area contributed by atoms with Crippen LogP contribution in [0.4, 0.5) is 0 Å². The monoisotopic (exact) mass is 561 g/mol. The van der Waals surface area contributed by atoms with Crippen LogP contribution in [0.15, 0.2) is 72.4 Å². The van der Waals surface area contributed by atoms with Crippen LogP contribution >= 0.6 is 11.6 Å². The van der Waals surface area contributed by atoms with E-state index in [2.05, 4.69) is 5.32 Å². The summed E-state index contributed by atoms with van der Waals surface area (Å²) in [6, 6.07) is 18.5. The molecule has 0 fully saturated rings. The second-order valence-corrected chi connectivity index (χ2v) is 10.1. The number of carbonyl (C=O) groups excluding carboxylic acids is 3. The summed E-state index contributed by atoms with van der Waals surface area (Å²) in [6.07, 6.45) is 1.33. The van der Waals surface area contributed by atoms with E-state index in [-0.39, 0.29) is 52.2 Å². The van der Waals surface area contributed by atoms with Gasteiger partial charge < -0.3 is 24.3 Å². The molecule has 2 aliphatic rings. The molecule has 2 atom stereocenters. The lowest BCUT2D eigenvalue weighted by Crippen LogP contribution is -2.55. The average molecular weight is 562 g/mol. The van der Waals surface area contributed by atoms with E-state index in [0.717, 1.165) is 11.1 Å². The minimum Gasteiger partial charge on any atom is -0.496 e. The van der Waals surface area contributed by atoms with Crippen molar-refractivity contribution in [3.8, 4) is 23.0 Å². The van der Waals surface area contributed by atoms with Crippen LogP contribution in [-0.4, -0.2) is 37.3 Å². The van der Waals surface area contributed by atoms with Crippen LogP contribution < -0.4 is 24.3 Å². The Bertz CT molecular complexity index is 1500. The molecule has 9 heteroatoms. The van der Waals surface area contributed by atoms with E-state index >= 15 is 0 Å². The van der Waals surface area contributed by atoms with E-state index in [0.29, 0.717) is 12.4 Å². The number of halogens is 1. The van der Waals surface area contributed by atoms with Crippen molar-refractivity contribution < 1.29 is 33.3 Å². The number of hydrogen-bond donors (Lipinski definition) is 1. The van der Waals surface area contributed by atoms with Gasteiger partial charge in [0.2, 0.25) is 17.3 Å². The third-order valence-electron chi connectivity index (χ3n) is 7.14. The molecule has 3 aromatic rings. The van der Waals surface area contributed by atoms with E-state index < -0.39 is 23.2 Å². The fraction of sp³-hybridized carbons (Fsp3) is 0.258. The third kappa shape index (κ3) is 4.91. The minimum absolute atomic E-state index is 0.00793. The van der Waals surface area contributed by atoms with Crippen molar-refractivity contribution in [1.29, 1.82) is 0 Å².